The highest BCUT2D eigenvalue weighted by molar-refractivity contribution is 5.92. The van der Waals surface area contributed by atoms with Gasteiger partial charge in [-0.1, -0.05) is 6.92 Å². The van der Waals surface area contributed by atoms with Crippen LogP contribution in [-0.4, -0.2) is 90.9 Å². The smallest absolute Gasteiger partial charge is 0.475 e. The molecule has 0 spiro atoms. The third-order valence-electron chi connectivity index (χ3n) is 4.97. The number of aliphatic carboxylic acids is 1. The van der Waals surface area contributed by atoms with Gasteiger partial charge in [0, 0.05) is 25.6 Å². The topological polar surface area (TPSA) is 87.2 Å². The molecule has 2 bridgehead atoms. The van der Waals surface area contributed by atoms with E-state index in [1.807, 2.05) is 11.8 Å². The van der Waals surface area contributed by atoms with Crippen LogP contribution in [0, 0.1) is 5.41 Å². The molecule has 29 heavy (non-hydrogen) atoms. The number of ether oxygens (including phenoxy) is 1. The van der Waals surface area contributed by atoms with Gasteiger partial charge >= 0.3 is 24.2 Å². The summed E-state index contributed by atoms with van der Waals surface area (Å²) >= 11 is 0. The van der Waals surface area contributed by atoms with Crippen LogP contribution in [0.15, 0.2) is 0 Å². The fourth-order valence-electron chi connectivity index (χ4n) is 3.21. The molecular weight excluding hydrogens is 414 g/mol. The maximum absolute atomic E-state index is 12.7. The molecule has 3 aliphatic rings. The summed E-state index contributed by atoms with van der Waals surface area (Å²) in [7, 11) is 1.36. The molecule has 3 saturated heterocycles. The maximum Gasteiger partial charge on any atom is 0.490 e. The number of carbonyl (C=O) groups excluding carboxylic acids is 2. The second kappa shape index (κ2) is 9.28. The normalized spacial score (nSPS) is 26.6. The number of alkyl halides is 6. The molecule has 13 heteroatoms. The van der Waals surface area contributed by atoms with Crippen LogP contribution in [0.4, 0.5) is 26.3 Å². The van der Waals surface area contributed by atoms with Crippen LogP contribution < -0.4 is 0 Å². The first-order valence-corrected chi connectivity index (χ1v) is 8.57. The van der Waals surface area contributed by atoms with Crippen LogP contribution in [0.3, 0.4) is 0 Å². The Labute approximate surface area is 162 Å². The summed E-state index contributed by atoms with van der Waals surface area (Å²) < 4.78 is 74.6. The van der Waals surface area contributed by atoms with Crippen molar-refractivity contribution in [1.29, 1.82) is 0 Å². The number of Topliss-reactive ketones (excluding diaryl/α,β-unsaturated/α-hetero) is 1. The van der Waals surface area contributed by atoms with Crippen LogP contribution in [0.2, 0.25) is 0 Å². The summed E-state index contributed by atoms with van der Waals surface area (Å²) in [6.07, 6.45) is -8.56. The van der Waals surface area contributed by atoms with E-state index in [4.69, 9.17) is 14.6 Å². The Kier molecular flexibility index (Phi) is 8.05. The minimum absolute atomic E-state index is 0.00000165. The fourth-order valence-corrected chi connectivity index (χ4v) is 3.21. The second-order valence-corrected chi connectivity index (χ2v) is 7.02. The van der Waals surface area contributed by atoms with Crippen molar-refractivity contribution in [2.45, 2.75) is 38.2 Å². The molecule has 0 aromatic carbocycles. The molecule has 0 aromatic heterocycles. The predicted octanol–water partition coefficient (Wildman–Crippen LogP) is 1.71. The molecule has 1 amide bonds. The van der Waals surface area contributed by atoms with E-state index in [1.165, 1.54) is 7.11 Å². The number of ketones is 1. The molecular formula is C16H22F6N2O5. The lowest BCUT2D eigenvalue weighted by atomic mass is 9.69. The van der Waals surface area contributed by atoms with Crippen molar-refractivity contribution in [1.82, 2.24) is 9.80 Å². The van der Waals surface area contributed by atoms with Gasteiger partial charge in [0.1, 0.15) is 0 Å². The van der Waals surface area contributed by atoms with Gasteiger partial charge < -0.3 is 14.7 Å². The van der Waals surface area contributed by atoms with E-state index in [2.05, 4.69) is 0 Å². The molecule has 0 aromatic rings. The molecule has 0 saturated carbocycles. The summed E-state index contributed by atoms with van der Waals surface area (Å²) in [5.74, 6) is -4.72. The van der Waals surface area contributed by atoms with Crippen LogP contribution >= 0.6 is 0 Å². The van der Waals surface area contributed by atoms with Gasteiger partial charge in [0.2, 0.25) is 0 Å². The van der Waals surface area contributed by atoms with Crippen LogP contribution in [-0.2, 0) is 19.1 Å². The van der Waals surface area contributed by atoms with Crippen molar-refractivity contribution >= 4 is 17.7 Å². The molecule has 3 aliphatic heterocycles. The van der Waals surface area contributed by atoms with E-state index < -0.39 is 35.7 Å². The first-order valence-electron chi connectivity index (χ1n) is 8.57. The number of nitrogens with zero attached hydrogens (tertiary/aromatic N) is 2. The van der Waals surface area contributed by atoms with Gasteiger partial charge in [-0.05, 0) is 25.9 Å². The largest absolute Gasteiger partial charge is 0.490 e. The van der Waals surface area contributed by atoms with Gasteiger partial charge in [-0.15, -0.1) is 0 Å². The van der Waals surface area contributed by atoms with E-state index in [1.54, 1.807) is 0 Å². The Hall–Kier alpha value is -1.89. The Morgan fingerprint density at radius 3 is 2.03 bits per heavy atom. The average Bonchev–Trinajstić information content (AvgIpc) is 2.60. The summed E-state index contributed by atoms with van der Waals surface area (Å²) in [6.45, 7) is 2.83. The number of methoxy groups -OCH3 is 1. The van der Waals surface area contributed by atoms with Crippen molar-refractivity contribution in [3.63, 3.8) is 0 Å². The number of fused-ring (bicyclic) bond motifs is 3. The molecule has 1 atom stereocenters. The Bertz CT molecular complexity index is 614. The standard InChI is InChI=1S/C14H21F3N2O3.C2HF3O2/c1-13-3-5-18(6-4-13)10(11(13)20)9-19(7-8-22-2)12(21)14(15,16)17;3-2(4,5)1(6)7/h10H,3-9H2,1-2H3;(H,6,7). The van der Waals surface area contributed by atoms with Gasteiger partial charge in [0.05, 0.1) is 12.6 Å². The van der Waals surface area contributed by atoms with Gasteiger partial charge in [0.25, 0.3) is 0 Å². The van der Waals surface area contributed by atoms with Crippen molar-refractivity contribution in [2.24, 2.45) is 5.41 Å². The van der Waals surface area contributed by atoms with Gasteiger partial charge in [0.15, 0.2) is 5.78 Å². The van der Waals surface area contributed by atoms with Crippen molar-refractivity contribution in [3.05, 3.63) is 0 Å². The van der Waals surface area contributed by atoms with E-state index in [9.17, 15) is 35.9 Å². The number of halogens is 6. The zero-order valence-electron chi connectivity index (χ0n) is 15.8. The van der Waals surface area contributed by atoms with Gasteiger partial charge in [-0.25, -0.2) is 4.79 Å². The lowest BCUT2D eigenvalue weighted by Crippen LogP contribution is -2.64. The highest BCUT2D eigenvalue weighted by Gasteiger charge is 2.51. The van der Waals surface area contributed by atoms with E-state index in [-0.39, 0.29) is 25.5 Å². The summed E-state index contributed by atoms with van der Waals surface area (Å²) in [5, 5.41) is 7.12. The van der Waals surface area contributed by atoms with Crippen molar-refractivity contribution in [3.8, 4) is 0 Å². The zero-order chi connectivity index (χ0) is 22.6. The van der Waals surface area contributed by atoms with Crippen molar-refractivity contribution in [2.75, 3.05) is 39.9 Å². The van der Waals surface area contributed by atoms with Crippen LogP contribution in [0.5, 0.6) is 0 Å². The molecule has 7 nitrogen and oxygen atoms in total. The number of carbonyl (C=O) groups is 3. The minimum atomic E-state index is -5.08. The van der Waals surface area contributed by atoms with E-state index in [0.29, 0.717) is 18.0 Å². The first kappa shape index (κ1) is 25.1. The number of carboxylic acids is 1. The van der Waals surface area contributed by atoms with Crippen molar-refractivity contribution < 1.29 is 50.6 Å². The average molecular weight is 436 g/mol. The lowest BCUT2D eigenvalue weighted by Gasteiger charge is -2.50. The Morgan fingerprint density at radius 1 is 1.17 bits per heavy atom. The fraction of sp³-hybridized carbons (Fsp3) is 0.812. The third-order valence-corrected chi connectivity index (χ3v) is 4.97. The van der Waals surface area contributed by atoms with E-state index >= 15 is 0 Å². The Morgan fingerprint density at radius 2 is 1.66 bits per heavy atom. The van der Waals surface area contributed by atoms with Crippen LogP contribution in [0.25, 0.3) is 0 Å². The van der Waals surface area contributed by atoms with Crippen LogP contribution in [0.1, 0.15) is 19.8 Å². The molecule has 3 rings (SSSR count). The number of piperidine rings is 3. The predicted molar refractivity (Wildman–Crippen MR) is 85.9 cm³/mol. The molecule has 3 fully saturated rings. The number of hydrogen-bond donors (Lipinski definition) is 1. The molecule has 0 radical (unpaired) electrons. The second-order valence-electron chi connectivity index (χ2n) is 7.02. The number of amides is 1. The van der Waals surface area contributed by atoms with E-state index in [0.717, 1.165) is 12.8 Å². The molecule has 1 unspecified atom stereocenters. The maximum atomic E-state index is 12.7. The molecule has 3 heterocycles. The highest BCUT2D eigenvalue weighted by atomic mass is 19.4. The van der Waals surface area contributed by atoms with Gasteiger partial charge in [-0.3, -0.25) is 14.5 Å². The molecule has 0 aliphatic carbocycles. The highest BCUT2D eigenvalue weighted by Crippen LogP contribution is 2.40. The third kappa shape index (κ3) is 6.56. The minimum Gasteiger partial charge on any atom is -0.475 e. The summed E-state index contributed by atoms with van der Waals surface area (Å²) in [4.78, 5) is 35.5. The number of carboxylic acid groups (broad SMARTS) is 1. The molecule has 1 N–H and O–H groups in total. The monoisotopic (exact) mass is 436 g/mol. The Balaban J connectivity index is 0.000000516. The number of rotatable bonds is 5. The first-order chi connectivity index (χ1) is 13.1. The summed E-state index contributed by atoms with van der Waals surface area (Å²) in [5.41, 5.74) is -0.465. The summed E-state index contributed by atoms with van der Waals surface area (Å²) in [6, 6.07) is -0.643. The zero-order valence-corrected chi connectivity index (χ0v) is 15.8. The lowest BCUT2D eigenvalue weighted by molar-refractivity contribution is -0.192. The quantitative estimate of drug-likeness (QED) is 0.661. The number of hydrogen-bond acceptors (Lipinski definition) is 5. The van der Waals surface area contributed by atoms with Gasteiger partial charge in [-0.2, -0.15) is 26.3 Å². The molecule has 168 valence electrons. The SMILES string of the molecule is COCCN(CC1C(=O)C2(C)CCN1CC2)C(=O)C(F)(F)F.O=C(O)C(F)(F)F.